The minimum absolute atomic E-state index is 0.192. The predicted octanol–water partition coefficient (Wildman–Crippen LogP) is 4.10. The molecule has 0 bridgehead atoms. The molecule has 122 valence electrons. The van der Waals surface area contributed by atoms with Crippen molar-refractivity contribution in [3.63, 3.8) is 0 Å². The molecule has 4 nitrogen and oxygen atoms in total. The number of urea groups is 1. The summed E-state index contributed by atoms with van der Waals surface area (Å²) in [5, 5.41) is 6.70. The van der Waals surface area contributed by atoms with Crippen molar-refractivity contribution in [2.75, 3.05) is 11.9 Å². The van der Waals surface area contributed by atoms with Gasteiger partial charge in [0, 0.05) is 36.1 Å². The molecule has 24 heavy (non-hydrogen) atoms. The summed E-state index contributed by atoms with van der Waals surface area (Å²) in [6.45, 7) is 0.566. The molecular formula is C19H19N3OS. The Labute approximate surface area is 145 Å². The van der Waals surface area contributed by atoms with E-state index < -0.39 is 0 Å². The summed E-state index contributed by atoms with van der Waals surface area (Å²) in [6, 6.07) is 19.6. The predicted molar refractivity (Wildman–Crippen MR) is 98.5 cm³/mol. The molecule has 0 fully saturated rings. The Morgan fingerprint density at radius 3 is 2.46 bits per heavy atom. The first-order valence-electron chi connectivity index (χ1n) is 7.87. The third kappa shape index (κ3) is 4.93. The standard InChI is InChI=1S/C19H19N3OS/c23-19(22-16-9-5-2-6-10-16)20-12-11-18-21-14-17(24-18)13-15-7-3-1-4-8-15/h1-10,14H,11-13H2,(H2,20,22,23). The molecular weight excluding hydrogens is 318 g/mol. The average molecular weight is 337 g/mol. The Kier molecular flexibility index (Phi) is 5.58. The minimum Gasteiger partial charge on any atom is -0.337 e. The molecule has 0 unspecified atom stereocenters. The van der Waals surface area contributed by atoms with Gasteiger partial charge in [0.1, 0.15) is 0 Å². The fourth-order valence-corrected chi connectivity index (χ4v) is 3.28. The van der Waals surface area contributed by atoms with E-state index in [1.165, 1.54) is 10.4 Å². The lowest BCUT2D eigenvalue weighted by atomic mass is 10.1. The molecule has 0 aliphatic heterocycles. The van der Waals surface area contributed by atoms with E-state index in [2.05, 4.69) is 27.8 Å². The Bertz CT molecular complexity index is 772. The van der Waals surface area contributed by atoms with Crippen LogP contribution in [-0.4, -0.2) is 17.6 Å². The summed E-state index contributed by atoms with van der Waals surface area (Å²) < 4.78 is 0. The highest BCUT2D eigenvalue weighted by Crippen LogP contribution is 2.17. The largest absolute Gasteiger partial charge is 0.337 e. The lowest BCUT2D eigenvalue weighted by Crippen LogP contribution is -2.30. The van der Waals surface area contributed by atoms with Crippen LogP contribution >= 0.6 is 11.3 Å². The fraction of sp³-hybridized carbons (Fsp3) is 0.158. The molecule has 2 amide bonds. The van der Waals surface area contributed by atoms with Gasteiger partial charge in [0.25, 0.3) is 0 Å². The Hall–Kier alpha value is -2.66. The van der Waals surface area contributed by atoms with Crippen LogP contribution in [-0.2, 0) is 12.8 Å². The van der Waals surface area contributed by atoms with Crippen molar-refractivity contribution in [3.05, 3.63) is 82.3 Å². The summed E-state index contributed by atoms with van der Waals surface area (Å²) in [4.78, 5) is 17.5. The third-order valence-electron chi connectivity index (χ3n) is 3.48. The second kappa shape index (κ2) is 8.26. The Balaban J connectivity index is 1.43. The molecule has 1 aromatic heterocycles. The van der Waals surface area contributed by atoms with Gasteiger partial charge in [-0.15, -0.1) is 11.3 Å². The fourth-order valence-electron chi connectivity index (χ4n) is 2.32. The summed E-state index contributed by atoms with van der Waals surface area (Å²) >= 11 is 1.70. The molecule has 0 spiro atoms. The highest BCUT2D eigenvalue weighted by Gasteiger charge is 2.05. The van der Waals surface area contributed by atoms with Crippen LogP contribution in [0.4, 0.5) is 10.5 Å². The molecule has 0 radical (unpaired) electrons. The second-order valence-corrected chi connectivity index (χ2v) is 6.58. The first kappa shape index (κ1) is 16.2. The lowest BCUT2D eigenvalue weighted by Gasteiger charge is -2.06. The molecule has 3 rings (SSSR count). The monoisotopic (exact) mass is 337 g/mol. The van der Waals surface area contributed by atoms with E-state index in [1.54, 1.807) is 11.3 Å². The van der Waals surface area contributed by atoms with Crippen LogP contribution in [0, 0.1) is 0 Å². The van der Waals surface area contributed by atoms with Crippen molar-refractivity contribution in [1.29, 1.82) is 0 Å². The maximum atomic E-state index is 11.8. The SMILES string of the molecule is O=C(NCCc1ncc(Cc2ccccc2)s1)Nc1ccccc1. The van der Waals surface area contributed by atoms with Crippen LogP contribution in [0.2, 0.25) is 0 Å². The van der Waals surface area contributed by atoms with Gasteiger partial charge in [0.2, 0.25) is 0 Å². The number of hydrogen-bond donors (Lipinski definition) is 2. The van der Waals surface area contributed by atoms with Gasteiger partial charge in [-0.25, -0.2) is 9.78 Å². The van der Waals surface area contributed by atoms with Gasteiger partial charge >= 0.3 is 6.03 Å². The number of aromatic nitrogens is 1. The molecule has 0 aliphatic carbocycles. The van der Waals surface area contributed by atoms with E-state index in [0.717, 1.165) is 23.5 Å². The number of nitrogens with one attached hydrogen (secondary N) is 2. The summed E-state index contributed by atoms with van der Waals surface area (Å²) in [5.74, 6) is 0. The molecule has 2 aromatic carbocycles. The zero-order chi connectivity index (χ0) is 16.6. The Morgan fingerprint density at radius 2 is 1.71 bits per heavy atom. The molecule has 0 saturated carbocycles. The smallest absolute Gasteiger partial charge is 0.319 e. The summed E-state index contributed by atoms with van der Waals surface area (Å²) in [5.41, 5.74) is 2.07. The number of anilines is 1. The van der Waals surface area contributed by atoms with Crippen molar-refractivity contribution in [2.24, 2.45) is 0 Å². The van der Waals surface area contributed by atoms with Crippen molar-refractivity contribution in [2.45, 2.75) is 12.8 Å². The number of nitrogens with zero attached hydrogens (tertiary/aromatic N) is 1. The topological polar surface area (TPSA) is 54.0 Å². The van der Waals surface area contributed by atoms with E-state index >= 15 is 0 Å². The number of benzene rings is 2. The van der Waals surface area contributed by atoms with Crippen LogP contribution in [0.3, 0.4) is 0 Å². The number of para-hydroxylation sites is 1. The van der Waals surface area contributed by atoms with Crippen molar-refractivity contribution < 1.29 is 4.79 Å². The van der Waals surface area contributed by atoms with Gasteiger partial charge < -0.3 is 10.6 Å². The number of carbonyl (C=O) groups is 1. The Morgan fingerprint density at radius 1 is 1.00 bits per heavy atom. The van der Waals surface area contributed by atoms with Crippen molar-refractivity contribution in [3.8, 4) is 0 Å². The molecule has 0 saturated heterocycles. The third-order valence-corrected chi connectivity index (χ3v) is 4.54. The zero-order valence-corrected chi connectivity index (χ0v) is 14.1. The van der Waals surface area contributed by atoms with Gasteiger partial charge in [-0.2, -0.15) is 0 Å². The number of amides is 2. The van der Waals surface area contributed by atoms with E-state index in [1.807, 2.05) is 54.7 Å². The van der Waals surface area contributed by atoms with Crippen LogP contribution in [0.5, 0.6) is 0 Å². The van der Waals surface area contributed by atoms with E-state index in [-0.39, 0.29) is 6.03 Å². The van der Waals surface area contributed by atoms with E-state index in [4.69, 9.17) is 0 Å². The van der Waals surface area contributed by atoms with Crippen LogP contribution in [0.25, 0.3) is 0 Å². The van der Waals surface area contributed by atoms with Gasteiger partial charge in [-0.05, 0) is 17.7 Å². The van der Waals surface area contributed by atoms with Crippen LogP contribution in [0.1, 0.15) is 15.4 Å². The molecule has 1 heterocycles. The van der Waals surface area contributed by atoms with E-state index in [0.29, 0.717) is 6.54 Å². The van der Waals surface area contributed by atoms with Gasteiger partial charge in [-0.1, -0.05) is 48.5 Å². The van der Waals surface area contributed by atoms with Crippen LogP contribution < -0.4 is 10.6 Å². The molecule has 5 heteroatoms. The highest BCUT2D eigenvalue weighted by atomic mass is 32.1. The summed E-state index contributed by atoms with van der Waals surface area (Å²) in [7, 11) is 0. The van der Waals surface area contributed by atoms with Gasteiger partial charge in [0.05, 0.1) is 5.01 Å². The number of hydrogen-bond acceptors (Lipinski definition) is 3. The second-order valence-electron chi connectivity index (χ2n) is 5.38. The van der Waals surface area contributed by atoms with Gasteiger partial charge in [-0.3, -0.25) is 0 Å². The molecule has 3 aromatic rings. The maximum Gasteiger partial charge on any atom is 0.319 e. The van der Waals surface area contributed by atoms with Gasteiger partial charge in [0.15, 0.2) is 0 Å². The average Bonchev–Trinajstić information content (AvgIpc) is 3.04. The molecule has 0 atom stereocenters. The molecule has 2 N–H and O–H groups in total. The number of thiazole rings is 1. The normalized spacial score (nSPS) is 10.3. The van der Waals surface area contributed by atoms with Crippen molar-refractivity contribution in [1.82, 2.24) is 10.3 Å². The highest BCUT2D eigenvalue weighted by molar-refractivity contribution is 7.11. The van der Waals surface area contributed by atoms with E-state index in [9.17, 15) is 4.79 Å². The van der Waals surface area contributed by atoms with Crippen molar-refractivity contribution >= 4 is 23.1 Å². The van der Waals surface area contributed by atoms with Crippen LogP contribution in [0.15, 0.2) is 66.9 Å². The molecule has 0 aliphatic rings. The number of rotatable bonds is 6. The first-order valence-corrected chi connectivity index (χ1v) is 8.68. The lowest BCUT2D eigenvalue weighted by molar-refractivity contribution is 0.252. The first-order chi connectivity index (χ1) is 11.8. The quantitative estimate of drug-likeness (QED) is 0.711. The maximum absolute atomic E-state index is 11.8. The number of carbonyl (C=O) groups excluding carboxylic acids is 1. The summed E-state index contributed by atoms with van der Waals surface area (Å²) in [6.07, 6.45) is 3.57. The minimum atomic E-state index is -0.192. The zero-order valence-electron chi connectivity index (χ0n) is 13.2.